The third-order valence-electron chi connectivity index (χ3n) is 4.10. The Kier molecular flexibility index (Phi) is 3.26. The van der Waals surface area contributed by atoms with Gasteiger partial charge in [-0.3, -0.25) is 4.79 Å². The summed E-state index contributed by atoms with van der Waals surface area (Å²) in [5.74, 6) is -0.507. The molecule has 2 N–H and O–H groups in total. The first-order chi connectivity index (χ1) is 9.56. The molecular weight excluding hydrogens is 277 g/mol. The van der Waals surface area contributed by atoms with E-state index in [9.17, 15) is 14.3 Å². The van der Waals surface area contributed by atoms with E-state index >= 15 is 0 Å². The zero-order valence-corrected chi connectivity index (χ0v) is 12.0. The number of hydrogen-bond acceptors (Lipinski definition) is 3. The number of thiophene rings is 1. The molecule has 3 nitrogen and oxygen atoms in total. The van der Waals surface area contributed by atoms with Crippen LogP contribution in [0.25, 0.3) is 10.1 Å². The summed E-state index contributed by atoms with van der Waals surface area (Å²) in [6.45, 7) is 1.72. The van der Waals surface area contributed by atoms with Crippen molar-refractivity contribution in [2.45, 2.75) is 31.7 Å². The van der Waals surface area contributed by atoms with E-state index in [0.29, 0.717) is 15.8 Å². The number of hydrogen-bond donors (Lipinski definition) is 2. The minimum Gasteiger partial charge on any atom is -0.394 e. The summed E-state index contributed by atoms with van der Waals surface area (Å²) in [5, 5.41) is 12.9. The maximum atomic E-state index is 13.8. The molecule has 3 rings (SSSR count). The minimum absolute atomic E-state index is 0.0446. The molecule has 0 spiro atoms. The Balaban J connectivity index is 1.96. The molecule has 106 valence electrons. The normalized spacial score (nSPS) is 16.9. The molecule has 0 bridgehead atoms. The molecule has 1 fully saturated rings. The fraction of sp³-hybridized carbons (Fsp3) is 0.400. The van der Waals surface area contributed by atoms with Gasteiger partial charge in [0.05, 0.1) is 17.0 Å². The van der Waals surface area contributed by atoms with Gasteiger partial charge >= 0.3 is 0 Å². The number of aliphatic hydroxyl groups is 1. The standard InChI is InChI=1S/C15H16FNO2S/c1-9-12-10(16)4-2-5-11(12)20-13(9)14(19)17-15(8-18)6-3-7-15/h2,4-5,18H,3,6-8H2,1H3,(H,17,19). The van der Waals surface area contributed by atoms with E-state index in [1.165, 1.54) is 17.4 Å². The molecule has 1 aromatic carbocycles. The van der Waals surface area contributed by atoms with Crippen LogP contribution in [-0.4, -0.2) is 23.2 Å². The molecule has 1 saturated carbocycles. The Hall–Kier alpha value is -1.46. The number of carbonyl (C=O) groups excluding carboxylic acids is 1. The Bertz CT molecular complexity index is 670. The number of amides is 1. The zero-order chi connectivity index (χ0) is 14.3. The molecule has 1 aliphatic rings. The minimum atomic E-state index is -0.474. The van der Waals surface area contributed by atoms with Crippen molar-refractivity contribution >= 4 is 27.3 Å². The van der Waals surface area contributed by atoms with Gasteiger partial charge in [0.2, 0.25) is 0 Å². The van der Waals surface area contributed by atoms with E-state index in [1.54, 1.807) is 13.0 Å². The second kappa shape index (κ2) is 4.82. The van der Waals surface area contributed by atoms with E-state index < -0.39 is 5.54 Å². The second-order valence-electron chi connectivity index (χ2n) is 5.42. The summed E-state index contributed by atoms with van der Waals surface area (Å²) < 4.78 is 14.6. The summed E-state index contributed by atoms with van der Waals surface area (Å²) in [5.41, 5.74) is 0.200. The van der Waals surface area contributed by atoms with Gasteiger partial charge in [-0.15, -0.1) is 11.3 Å². The van der Waals surface area contributed by atoms with E-state index in [1.807, 2.05) is 6.07 Å². The molecular formula is C15H16FNO2S. The quantitative estimate of drug-likeness (QED) is 0.914. The SMILES string of the molecule is Cc1c(C(=O)NC2(CO)CCC2)sc2cccc(F)c12. The molecule has 1 aliphatic carbocycles. The fourth-order valence-electron chi connectivity index (χ4n) is 2.69. The first kappa shape index (κ1) is 13.5. The van der Waals surface area contributed by atoms with Crippen molar-refractivity contribution in [1.29, 1.82) is 0 Å². The van der Waals surface area contributed by atoms with Crippen molar-refractivity contribution in [1.82, 2.24) is 5.32 Å². The van der Waals surface area contributed by atoms with Crippen LogP contribution in [0.3, 0.4) is 0 Å². The highest BCUT2D eigenvalue weighted by atomic mass is 32.1. The summed E-state index contributed by atoms with van der Waals surface area (Å²) in [6, 6.07) is 4.87. The number of halogens is 1. The van der Waals surface area contributed by atoms with Crippen LogP contribution < -0.4 is 5.32 Å². The lowest BCUT2D eigenvalue weighted by Crippen LogP contribution is -2.56. The Labute approximate surface area is 120 Å². The van der Waals surface area contributed by atoms with E-state index in [4.69, 9.17) is 0 Å². The van der Waals surface area contributed by atoms with Crippen molar-refractivity contribution in [2.24, 2.45) is 0 Å². The predicted octanol–water partition coefficient (Wildman–Crippen LogP) is 2.99. The molecule has 2 aromatic rings. The molecule has 0 saturated heterocycles. The average molecular weight is 293 g/mol. The number of nitrogens with one attached hydrogen (secondary N) is 1. The summed E-state index contributed by atoms with van der Waals surface area (Å²) in [6.07, 6.45) is 2.61. The molecule has 1 amide bonds. The number of aryl methyl sites for hydroxylation is 1. The number of carbonyl (C=O) groups is 1. The van der Waals surface area contributed by atoms with Crippen molar-refractivity contribution in [3.8, 4) is 0 Å². The maximum Gasteiger partial charge on any atom is 0.262 e. The Morgan fingerprint density at radius 2 is 2.25 bits per heavy atom. The number of fused-ring (bicyclic) bond motifs is 1. The number of benzene rings is 1. The van der Waals surface area contributed by atoms with Gasteiger partial charge in [-0.2, -0.15) is 0 Å². The van der Waals surface area contributed by atoms with Crippen molar-refractivity contribution < 1.29 is 14.3 Å². The molecule has 1 aromatic heterocycles. The van der Waals surface area contributed by atoms with Crippen molar-refractivity contribution in [3.05, 3.63) is 34.5 Å². The third kappa shape index (κ3) is 2.01. The van der Waals surface area contributed by atoms with Gasteiger partial charge < -0.3 is 10.4 Å². The van der Waals surface area contributed by atoms with Gasteiger partial charge in [0.25, 0.3) is 5.91 Å². The maximum absolute atomic E-state index is 13.8. The topological polar surface area (TPSA) is 49.3 Å². The van der Waals surface area contributed by atoms with E-state index in [0.717, 1.165) is 24.0 Å². The first-order valence-electron chi connectivity index (χ1n) is 6.67. The van der Waals surface area contributed by atoms with Crippen LogP contribution in [0, 0.1) is 12.7 Å². The van der Waals surface area contributed by atoms with Gasteiger partial charge in [-0.25, -0.2) is 4.39 Å². The first-order valence-corrected chi connectivity index (χ1v) is 7.49. The zero-order valence-electron chi connectivity index (χ0n) is 11.2. The highest BCUT2D eigenvalue weighted by Crippen LogP contribution is 2.35. The van der Waals surface area contributed by atoms with Crippen LogP contribution in [0.1, 0.15) is 34.5 Å². The molecule has 0 atom stereocenters. The smallest absolute Gasteiger partial charge is 0.262 e. The van der Waals surface area contributed by atoms with E-state index in [2.05, 4.69) is 5.32 Å². The second-order valence-corrected chi connectivity index (χ2v) is 6.47. The van der Waals surface area contributed by atoms with Crippen LogP contribution in [0.4, 0.5) is 4.39 Å². The molecule has 5 heteroatoms. The lowest BCUT2D eigenvalue weighted by Gasteiger charge is -2.40. The van der Waals surface area contributed by atoms with Crippen LogP contribution in [0.5, 0.6) is 0 Å². The molecule has 0 radical (unpaired) electrons. The number of rotatable bonds is 3. The lowest BCUT2D eigenvalue weighted by molar-refractivity contribution is 0.0644. The van der Waals surface area contributed by atoms with Gasteiger partial charge in [0.1, 0.15) is 5.82 Å². The fourth-order valence-corrected chi connectivity index (χ4v) is 3.81. The molecule has 0 aliphatic heterocycles. The summed E-state index contributed by atoms with van der Waals surface area (Å²) in [4.78, 5) is 12.9. The summed E-state index contributed by atoms with van der Waals surface area (Å²) >= 11 is 1.30. The molecule has 0 unspecified atom stereocenters. The van der Waals surface area contributed by atoms with E-state index in [-0.39, 0.29) is 18.3 Å². The van der Waals surface area contributed by atoms with Crippen LogP contribution >= 0.6 is 11.3 Å². The predicted molar refractivity (Wildman–Crippen MR) is 77.7 cm³/mol. The average Bonchev–Trinajstić information content (AvgIpc) is 2.72. The molecule has 1 heterocycles. The Morgan fingerprint density at radius 1 is 1.50 bits per heavy atom. The highest BCUT2D eigenvalue weighted by molar-refractivity contribution is 7.21. The molecule has 20 heavy (non-hydrogen) atoms. The largest absolute Gasteiger partial charge is 0.394 e. The van der Waals surface area contributed by atoms with Gasteiger partial charge in [0.15, 0.2) is 0 Å². The number of aliphatic hydroxyl groups excluding tert-OH is 1. The van der Waals surface area contributed by atoms with Crippen LogP contribution in [0.2, 0.25) is 0 Å². The van der Waals surface area contributed by atoms with Crippen molar-refractivity contribution in [2.75, 3.05) is 6.61 Å². The highest BCUT2D eigenvalue weighted by Gasteiger charge is 2.38. The van der Waals surface area contributed by atoms with Crippen molar-refractivity contribution in [3.63, 3.8) is 0 Å². The van der Waals surface area contributed by atoms with Gasteiger partial charge in [0, 0.05) is 10.1 Å². The Morgan fingerprint density at radius 3 is 2.80 bits per heavy atom. The van der Waals surface area contributed by atoms with Gasteiger partial charge in [-0.05, 0) is 43.9 Å². The third-order valence-corrected chi connectivity index (χ3v) is 5.36. The summed E-state index contributed by atoms with van der Waals surface area (Å²) in [7, 11) is 0. The van der Waals surface area contributed by atoms with Gasteiger partial charge in [-0.1, -0.05) is 6.07 Å². The van der Waals surface area contributed by atoms with Crippen LogP contribution in [-0.2, 0) is 0 Å². The van der Waals surface area contributed by atoms with Crippen LogP contribution in [0.15, 0.2) is 18.2 Å². The lowest BCUT2D eigenvalue weighted by atomic mass is 9.77. The monoisotopic (exact) mass is 293 g/mol.